The lowest BCUT2D eigenvalue weighted by Gasteiger charge is -2.29. The third kappa shape index (κ3) is 4.29. The molecular formula is C22H24N3O2S+. The molecular weight excluding hydrogens is 370 g/mol. The largest absolute Gasteiger partial charge is 0.431 e. The highest BCUT2D eigenvalue weighted by molar-refractivity contribution is 7.99. The van der Waals surface area contributed by atoms with Gasteiger partial charge in [-0.1, -0.05) is 72.4 Å². The Balaban J connectivity index is 1.53. The monoisotopic (exact) mass is 394 g/mol. The number of carbonyl (C=O) groups is 1. The standard InChI is InChI=1S/C22H23N3O2S/c1-24-12-14-25(15-13-24)19(26)16-28-22-23-20(17-8-4-2-5-9-17)21(27-22)18-10-6-3-7-11-18/h2-11H,12-16H2,1H3/p+1. The Morgan fingerprint density at radius 1 is 1.04 bits per heavy atom. The minimum Gasteiger partial charge on any atom is -0.431 e. The summed E-state index contributed by atoms with van der Waals surface area (Å²) in [6.45, 7) is 3.65. The number of hydrogen-bond donors (Lipinski definition) is 1. The Morgan fingerprint density at radius 3 is 2.29 bits per heavy atom. The summed E-state index contributed by atoms with van der Waals surface area (Å²) in [5.41, 5.74) is 2.80. The maximum Gasteiger partial charge on any atom is 0.257 e. The zero-order valence-electron chi connectivity index (χ0n) is 15.9. The van der Waals surface area contributed by atoms with Crippen LogP contribution in [-0.2, 0) is 4.79 Å². The lowest BCUT2D eigenvalue weighted by molar-refractivity contribution is -0.883. The van der Waals surface area contributed by atoms with Crippen molar-refractivity contribution >= 4 is 17.7 Å². The zero-order chi connectivity index (χ0) is 19.3. The number of benzene rings is 2. The molecule has 0 saturated carbocycles. The van der Waals surface area contributed by atoms with Gasteiger partial charge in [0, 0.05) is 11.1 Å². The van der Waals surface area contributed by atoms with Gasteiger partial charge in [-0.15, -0.1) is 0 Å². The normalized spacial score (nSPS) is 15.0. The number of quaternary nitrogens is 1. The fourth-order valence-corrected chi connectivity index (χ4v) is 4.02. The van der Waals surface area contributed by atoms with Crippen LogP contribution in [0.15, 0.2) is 70.3 Å². The summed E-state index contributed by atoms with van der Waals surface area (Å²) < 4.78 is 6.09. The molecule has 0 spiro atoms. The smallest absolute Gasteiger partial charge is 0.257 e. The Hall–Kier alpha value is -2.57. The minimum atomic E-state index is 0.151. The summed E-state index contributed by atoms with van der Waals surface area (Å²) in [5, 5.41) is 0.533. The molecule has 1 saturated heterocycles. The molecule has 1 aliphatic rings. The van der Waals surface area contributed by atoms with Crippen molar-refractivity contribution in [2.75, 3.05) is 39.0 Å². The van der Waals surface area contributed by atoms with E-state index in [9.17, 15) is 4.79 Å². The highest BCUT2D eigenvalue weighted by Gasteiger charge is 2.23. The van der Waals surface area contributed by atoms with Gasteiger partial charge >= 0.3 is 0 Å². The molecule has 1 amide bonds. The molecule has 1 N–H and O–H groups in total. The molecule has 0 radical (unpaired) electrons. The maximum atomic E-state index is 12.5. The zero-order valence-corrected chi connectivity index (χ0v) is 16.7. The molecule has 1 aromatic heterocycles. The van der Waals surface area contributed by atoms with Crippen molar-refractivity contribution in [2.24, 2.45) is 0 Å². The molecule has 0 unspecified atom stereocenters. The van der Waals surface area contributed by atoms with Crippen LogP contribution in [0, 0.1) is 0 Å². The van der Waals surface area contributed by atoms with Crippen molar-refractivity contribution in [2.45, 2.75) is 5.22 Å². The van der Waals surface area contributed by atoms with Gasteiger partial charge in [-0.3, -0.25) is 4.79 Å². The molecule has 1 fully saturated rings. The van der Waals surface area contributed by atoms with E-state index in [0.29, 0.717) is 11.0 Å². The first kappa shape index (κ1) is 18.8. The average molecular weight is 395 g/mol. The van der Waals surface area contributed by atoms with E-state index < -0.39 is 0 Å². The fourth-order valence-electron chi connectivity index (χ4n) is 3.29. The summed E-state index contributed by atoms with van der Waals surface area (Å²) in [5.74, 6) is 1.24. The lowest BCUT2D eigenvalue weighted by atomic mass is 10.1. The van der Waals surface area contributed by atoms with E-state index in [-0.39, 0.29) is 5.91 Å². The second kappa shape index (κ2) is 8.63. The van der Waals surface area contributed by atoms with Crippen LogP contribution in [0.2, 0.25) is 0 Å². The predicted molar refractivity (Wildman–Crippen MR) is 111 cm³/mol. The van der Waals surface area contributed by atoms with Crippen molar-refractivity contribution in [3.05, 3.63) is 60.7 Å². The molecule has 144 valence electrons. The molecule has 1 aliphatic heterocycles. The van der Waals surface area contributed by atoms with Gasteiger partial charge in [-0.25, -0.2) is 4.98 Å². The van der Waals surface area contributed by atoms with E-state index in [1.165, 1.54) is 16.7 Å². The van der Waals surface area contributed by atoms with E-state index in [4.69, 9.17) is 9.40 Å². The van der Waals surface area contributed by atoms with E-state index in [0.717, 1.165) is 48.8 Å². The number of amides is 1. The Morgan fingerprint density at radius 2 is 1.64 bits per heavy atom. The molecule has 0 atom stereocenters. The number of piperazine rings is 1. The molecule has 2 heterocycles. The third-order valence-electron chi connectivity index (χ3n) is 4.98. The first-order chi connectivity index (χ1) is 13.7. The predicted octanol–water partition coefficient (Wildman–Crippen LogP) is 2.46. The molecule has 0 aliphatic carbocycles. The molecule has 0 bridgehead atoms. The third-order valence-corrected chi connectivity index (χ3v) is 5.79. The van der Waals surface area contributed by atoms with E-state index in [1.807, 2.05) is 65.6 Å². The van der Waals surface area contributed by atoms with E-state index >= 15 is 0 Å². The summed E-state index contributed by atoms with van der Waals surface area (Å²) in [6, 6.07) is 20.0. The van der Waals surface area contributed by atoms with Gasteiger partial charge in [0.1, 0.15) is 5.69 Å². The average Bonchev–Trinajstić information content (AvgIpc) is 3.18. The molecule has 2 aromatic carbocycles. The first-order valence-electron chi connectivity index (χ1n) is 9.54. The summed E-state index contributed by atoms with van der Waals surface area (Å²) in [7, 11) is 2.17. The Bertz CT molecular complexity index is 862. The molecule has 6 heteroatoms. The first-order valence-corrected chi connectivity index (χ1v) is 10.5. The summed E-state index contributed by atoms with van der Waals surface area (Å²) >= 11 is 1.37. The topological polar surface area (TPSA) is 50.8 Å². The number of hydrogen-bond acceptors (Lipinski definition) is 4. The molecule has 3 aromatic rings. The van der Waals surface area contributed by atoms with E-state index in [1.54, 1.807) is 0 Å². The summed E-state index contributed by atoms with van der Waals surface area (Å²) in [6.07, 6.45) is 0. The van der Waals surface area contributed by atoms with Crippen LogP contribution in [-0.4, -0.2) is 54.8 Å². The number of oxazole rings is 1. The molecule has 5 nitrogen and oxygen atoms in total. The Kier molecular flexibility index (Phi) is 5.78. The quantitative estimate of drug-likeness (QED) is 0.676. The van der Waals surface area contributed by atoms with Crippen LogP contribution in [0.4, 0.5) is 0 Å². The van der Waals surface area contributed by atoms with Gasteiger partial charge in [0.15, 0.2) is 5.76 Å². The van der Waals surface area contributed by atoms with Crippen LogP contribution in [0.1, 0.15) is 0 Å². The highest BCUT2D eigenvalue weighted by atomic mass is 32.2. The van der Waals surface area contributed by atoms with Gasteiger partial charge in [0.2, 0.25) is 5.91 Å². The van der Waals surface area contributed by atoms with Gasteiger partial charge in [-0.2, -0.15) is 0 Å². The number of nitrogens with one attached hydrogen (secondary N) is 1. The number of aromatic nitrogens is 1. The van der Waals surface area contributed by atoms with Gasteiger partial charge in [0.25, 0.3) is 5.22 Å². The van der Waals surface area contributed by atoms with Crippen molar-refractivity contribution in [1.29, 1.82) is 0 Å². The highest BCUT2D eigenvalue weighted by Crippen LogP contribution is 2.35. The van der Waals surface area contributed by atoms with Crippen molar-refractivity contribution in [3.8, 4) is 22.6 Å². The van der Waals surface area contributed by atoms with Crippen LogP contribution in [0.5, 0.6) is 0 Å². The van der Waals surface area contributed by atoms with Crippen LogP contribution in [0.25, 0.3) is 22.6 Å². The summed E-state index contributed by atoms with van der Waals surface area (Å²) in [4.78, 5) is 20.7. The van der Waals surface area contributed by atoms with Crippen molar-refractivity contribution in [1.82, 2.24) is 9.88 Å². The van der Waals surface area contributed by atoms with Gasteiger partial charge in [-0.05, 0) is 0 Å². The van der Waals surface area contributed by atoms with E-state index in [2.05, 4.69) is 7.05 Å². The number of thioether (sulfide) groups is 1. The van der Waals surface area contributed by atoms with Gasteiger partial charge < -0.3 is 14.2 Å². The van der Waals surface area contributed by atoms with Crippen LogP contribution >= 0.6 is 11.8 Å². The van der Waals surface area contributed by atoms with Crippen LogP contribution in [0.3, 0.4) is 0 Å². The lowest BCUT2D eigenvalue weighted by Crippen LogP contribution is -3.12. The van der Waals surface area contributed by atoms with Crippen LogP contribution < -0.4 is 4.90 Å². The number of likely N-dealkylation sites (N-methyl/N-ethyl adjacent to an activating group) is 1. The number of carbonyl (C=O) groups excluding carboxylic acids is 1. The SMILES string of the molecule is C[NH+]1CCN(C(=O)CSc2nc(-c3ccccc3)c(-c3ccccc3)o2)CC1. The number of nitrogens with zero attached hydrogens (tertiary/aromatic N) is 2. The second-order valence-electron chi connectivity index (χ2n) is 7.02. The second-order valence-corrected chi connectivity index (χ2v) is 7.94. The van der Waals surface area contributed by atoms with Crippen molar-refractivity contribution in [3.63, 3.8) is 0 Å². The molecule has 4 rings (SSSR count). The minimum absolute atomic E-state index is 0.151. The van der Waals surface area contributed by atoms with Crippen molar-refractivity contribution < 1.29 is 14.1 Å². The van der Waals surface area contributed by atoms with Gasteiger partial charge in [0.05, 0.1) is 39.0 Å². The Labute approximate surface area is 169 Å². The number of rotatable bonds is 5. The maximum absolute atomic E-state index is 12.5. The fraction of sp³-hybridized carbons (Fsp3) is 0.273. The molecule has 28 heavy (non-hydrogen) atoms.